The summed E-state index contributed by atoms with van der Waals surface area (Å²) in [5.74, 6) is 1.79. The molecule has 2 N–H and O–H groups in total. The second-order valence-corrected chi connectivity index (χ2v) is 4.23. The first-order valence-electron chi connectivity index (χ1n) is 5.16. The summed E-state index contributed by atoms with van der Waals surface area (Å²) in [4.78, 5) is 0. The normalized spacial score (nSPS) is 15.6. The lowest BCUT2D eigenvalue weighted by molar-refractivity contribution is 0.297. The molecule has 14 heavy (non-hydrogen) atoms. The van der Waals surface area contributed by atoms with Gasteiger partial charge in [0.15, 0.2) is 0 Å². The van der Waals surface area contributed by atoms with Gasteiger partial charge in [-0.2, -0.15) is 0 Å². The number of anilines is 1. The van der Waals surface area contributed by atoms with Crippen LogP contribution in [0.3, 0.4) is 0 Å². The third-order valence-corrected chi connectivity index (χ3v) is 2.74. The molecule has 1 fully saturated rings. The van der Waals surface area contributed by atoms with Gasteiger partial charge in [-0.15, -0.1) is 0 Å². The van der Waals surface area contributed by atoms with Crippen molar-refractivity contribution in [2.24, 2.45) is 5.92 Å². The van der Waals surface area contributed by atoms with Crippen LogP contribution in [0.2, 0.25) is 0 Å². The quantitative estimate of drug-likeness (QED) is 0.745. The molecule has 0 saturated heterocycles. The first-order chi connectivity index (χ1) is 6.66. The van der Waals surface area contributed by atoms with Crippen LogP contribution in [0.4, 0.5) is 5.69 Å². The van der Waals surface area contributed by atoms with Crippen molar-refractivity contribution in [2.75, 3.05) is 12.3 Å². The molecule has 1 saturated carbocycles. The van der Waals surface area contributed by atoms with Crippen LogP contribution in [0.25, 0.3) is 0 Å². The molecule has 0 heterocycles. The molecule has 0 unspecified atom stereocenters. The second-order valence-electron chi connectivity index (χ2n) is 4.23. The Morgan fingerprint density at radius 2 is 2.00 bits per heavy atom. The molecule has 0 atom stereocenters. The fraction of sp³-hybridized carbons (Fsp3) is 0.500. The minimum atomic E-state index is 0.798. The molecule has 0 bridgehead atoms. The minimum absolute atomic E-state index is 0.798. The van der Waals surface area contributed by atoms with Gasteiger partial charge in [0, 0.05) is 5.69 Å². The van der Waals surface area contributed by atoms with Crippen LogP contribution in [0.5, 0.6) is 5.75 Å². The highest BCUT2D eigenvalue weighted by Crippen LogP contribution is 2.31. The van der Waals surface area contributed by atoms with Crippen molar-refractivity contribution >= 4 is 5.69 Å². The summed E-state index contributed by atoms with van der Waals surface area (Å²) in [7, 11) is 0. The van der Waals surface area contributed by atoms with Crippen LogP contribution < -0.4 is 10.5 Å². The van der Waals surface area contributed by atoms with Crippen molar-refractivity contribution in [3.05, 3.63) is 23.3 Å². The van der Waals surface area contributed by atoms with Gasteiger partial charge in [-0.1, -0.05) is 0 Å². The summed E-state index contributed by atoms with van der Waals surface area (Å²) in [5, 5.41) is 0. The summed E-state index contributed by atoms with van der Waals surface area (Å²) in [5.41, 5.74) is 8.88. The highest BCUT2D eigenvalue weighted by Gasteiger charge is 2.22. The molecule has 0 amide bonds. The van der Waals surface area contributed by atoms with E-state index >= 15 is 0 Å². The molecule has 0 aromatic heterocycles. The predicted octanol–water partition coefficient (Wildman–Crippen LogP) is 2.67. The molecule has 1 aromatic carbocycles. The lowest BCUT2D eigenvalue weighted by Crippen LogP contribution is -2.01. The fourth-order valence-electron chi connectivity index (χ4n) is 1.46. The Labute approximate surface area is 85.1 Å². The average Bonchev–Trinajstić information content (AvgIpc) is 2.92. The zero-order chi connectivity index (χ0) is 10.1. The van der Waals surface area contributed by atoms with Crippen LogP contribution in [-0.4, -0.2) is 6.61 Å². The molecule has 76 valence electrons. The maximum absolute atomic E-state index is 5.80. The van der Waals surface area contributed by atoms with Crippen molar-refractivity contribution < 1.29 is 4.74 Å². The number of nitrogen functional groups attached to an aromatic ring is 1. The van der Waals surface area contributed by atoms with Crippen molar-refractivity contribution in [3.8, 4) is 5.75 Å². The number of hydrogen-bond donors (Lipinski definition) is 1. The third kappa shape index (κ3) is 2.00. The van der Waals surface area contributed by atoms with Gasteiger partial charge >= 0.3 is 0 Å². The average molecular weight is 191 g/mol. The molecule has 2 rings (SSSR count). The van der Waals surface area contributed by atoms with Gasteiger partial charge in [-0.3, -0.25) is 0 Å². The number of ether oxygens (including phenoxy) is 1. The maximum Gasteiger partial charge on any atom is 0.122 e. The van der Waals surface area contributed by atoms with Crippen LogP contribution in [0, 0.1) is 19.8 Å². The number of benzene rings is 1. The van der Waals surface area contributed by atoms with Crippen molar-refractivity contribution in [2.45, 2.75) is 26.7 Å². The Kier molecular flexibility index (Phi) is 2.36. The Morgan fingerprint density at radius 1 is 1.29 bits per heavy atom. The topological polar surface area (TPSA) is 35.2 Å². The summed E-state index contributed by atoms with van der Waals surface area (Å²) >= 11 is 0. The lowest BCUT2D eigenvalue weighted by atomic mass is 10.1. The molecule has 0 spiro atoms. The second kappa shape index (κ2) is 3.52. The predicted molar refractivity (Wildman–Crippen MR) is 58.5 cm³/mol. The first kappa shape index (κ1) is 9.38. The number of rotatable bonds is 3. The molecule has 0 aliphatic heterocycles. The maximum atomic E-state index is 5.80. The fourth-order valence-corrected chi connectivity index (χ4v) is 1.46. The molecule has 1 aliphatic rings. The Hall–Kier alpha value is -1.18. The SMILES string of the molecule is Cc1cc(OCC2CC2)c(C)cc1N. The van der Waals surface area contributed by atoms with Gasteiger partial charge in [0.2, 0.25) is 0 Å². The molecular weight excluding hydrogens is 174 g/mol. The van der Waals surface area contributed by atoms with E-state index < -0.39 is 0 Å². The zero-order valence-electron chi connectivity index (χ0n) is 8.84. The molecule has 2 heteroatoms. The molecule has 1 aromatic rings. The van der Waals surface area contributed by atoms with Gasteiger partial charge in [-0.05, 0) is 55.9 Å². The third-order valence-electron chi connectivity index (χ3n) is 2.74. The van der Waals surface area contributed by atoms with E-state index in [1.165, 1.54) is 12.8 Å². The monoisotopic (exact) mass is 191 g/mol. The number of hydrogen-bond acceptors (Lipinski definition) is 2. The summed E-state index contributed by atoms with van der Waals surface area (Å²) in [6.45, 7) is 4.92. The first-order valence-corrected chi connectivity index (χ1v) is 5.16. The van der Waals surface area contributed by atoms with E-state index in [9.17, 15) is 0 Å². The Balaban J connectivity index is 2.10. The van der Waals surface area contributed by atoms with Gasteiger partial charge in [0.05, 0.1) is 6.61 Å². The molecule has 1 aliphatic carbocycles. The summed E-state index contributed by atoms with van der Waals surface area (Å²) < 4.78 is 5.74. The van der Waals surface area contributed by atoms with Crippen molar-refractivity contribution in [3.63, 3.8) is 0 Å². The molecule has 2 nitrogen and oxygen atoms in total. The van der Waals surface area contributed by atoms with Crippen molar-refractivity contribution in [1.29, 1.82) is 0 Å². The van der Waals surface area contributed by atoms with Gasteiger partial charge in [0.1, 0.15) is 5.75 Å². The highest BCUT2D eigenvalue weighted by molar-refractivity contribution is 5.53. The zero-order valence-corrected chi connectivity index (χ0v) is 8.84. The van der Waals surface area contributed by atoms with E-state index in [0.29, 0.717) is 0 Å². The van der Waals surface area contributed by atoms with Crippen LogP contribution in [0.15, 0.2) is 12.1 Å². The number of nitrogens with two attached hydrogens (primary N) is 1. The molecule has 0 radical (unpaired) electrons. The highest BCUT2D eigenvalue weighted by atomic mass is 16.5. The van der Waals surface area contributed by atoms with E-state index in [1.807, 2.05) is 26.0 Å². The van der Waals surface area contributed by atoms with E-state index in [4.69, 9.17) is 10.5 Å². The van der Waals surface area contributed by atoms with Crippen molar-refractivity contribution in [1.82, 2.24) is 0 Å². The van der Waals surface area contributed by atoms with Crippen LogP contribution in [0.1, 0.15) is 24.0 Å². The minimum Gasteiger partial charge on any atom is -0.493 e. The lowest BCUT2D eigenvalue weighted by Gasteiger charge is -2.10. The van der Waals surface area contributed by atoms with Gasteiger partial charge in [0.25, 0.3) is 0 Å². The molecular formula is C12H17NO. The van der Waals surface area contributed by atoms with E-state index in [1.54, 1.807) is 0 Å². The van der Waals surface area contributed by atoms with E-state index in [0.717, 1.165) is 35.1 Å². The van der Waals surface area contributed by atoms with E-state index in [2.05, 4.69) is 0 Å². The van der Waals surface area contributed by atoms with Crippen LogP contribution in [-0.2, 0) is 0 Å². The number of aryl methyl sites for hydroxylation is 2. The van der Waals surface area contributed by atoms with Gasteiger partial charge in [-0.25, -0.2) is 0 Å². The van der Waals surface area contributed by atoms with E-state index in [-0.39, 0.29) is 0 Å². The van der Waals surface area contributed by atoms with Crippen LogP contribution >= 0.6 is 0 Å². The largest absolute Gasteiger partial charge is 0.493 e. The summed E-state index contributed by atoms with van der Waals surface area (Å²) in [6.07, 6.45) is 2.65. The van der Waals surface area contributed by atoms with Gasteiger partial charge < -0.3 is 10.5 Å². The summed E-state index contributed by atoms with van der Waals surface area (Å²) in [6, 6.07) is 4.02. The smallest absolute Gasteiger partial charge is 0.122 e. The Bertz CT molecular complexity index is 342. The Morgan fingerprint density at radius 3 is 2.64 bits per heavy atom. The standard InChI is InChI=1S/C12H17NO/c1-8-6-12(9(2)5-11(8)13)14-7-10-3-4-10/h5-6,10H,3-4,7,13H2,1-2H3.